The molecule has 18 heavy (non-hydrogen) atoms. The van der Waals surface area contributed by atoms with E-state index in [0.717, 1.165) is 6.26 Å². The van der Waals surface area contributed by atoms with Crippen molar-refractivity contribution in [3.63, 3.8) is 0 Å². The number of nitrogens with zero attached hydrogens (tertiary/aromatic N) is 2. The molecule has 0 radical (unpaired) electrons. The summed E-state index contributed by atoms with van der Waals surface area (Å²) in [6.45, 7) is 0.732. The van der Waals surface area contributed by atoms with E-state index in [-0.39, 0.29) is 11.6 Å². The van der Waals surface area contributed by atoms with Gasteiger partial charge in [-0.25, -0.2) is 27.9 Å². The summed E-state index contributed by atoms with van der Waals surface area (Å²) in [4.78, 5) is 18.2. The molecule has 0 aliphatic carbocycles. The second-order valence-corrected chi connectivity index (χ2v) is 5.35. The third-order valence-electron chi connectivity index (χ3n) is 1.88. The van der Waals surface area contributed by atoms with Crippen LogP contribution in [0.25, 0.3) is 0 Å². The van der Waals surface area contributed by atoms with Crippen LogP contribution < -0.4 is 10.0 Å². The number of carboxylic acids is 1. The van der Waals surface area contributed by atoms with Gasteiger partial charge in [0, 0.05) is 19.3 Å². The van der Waals surface area contributed by atoms with E-state index in [0.29, 0.717) is 19.5 Å². The number of carboxylic acid groups (broad SMARTS) is 1. The molecule has 0 spiro atoms. The molecule has 0 aliphatic heterocycles. The molecule has 0 saturated heterocycles. The number of nitrogens with one attached hydrogen (secondary N) is 2. The zero-order valence-corrected chi connectivity index (χ0v) is 10.6. The van der Waals surface area contributed by atoms with Crippen LogP contribution in [0.3, 0.4) is 0 Å². The Balaban J connectivity index is 2.36. The molecule has 1 heterocycles. The third-order valence-corrected chi connectivity index (χ3v) is 2.60. The lowest BCUT2D eigenvalue weighted by Crippen LogP contribution is -2.24. The first-order valence-electron chi connectivity index (χ1n) is 5.13. The van der Waals surface area contributed by atoms with Gasteiger partial charge in [0.2, 0.25) is 16.0 Å². The molecule has 3 N–H and O–H groups in total. The number of aromatic carboxylic acids is 1. The summed E-state index contributed by atoms with van der Waals surface area (Å²) in [5, 5.41) is 11.5. The van der Waals surface area contributed by atoms with Crippen molar-refractivity contribution in [3.05, 3.63) is 18.0 Å². The normalized spacial score (nSPS) is 11.2. The van der Waals surface area contributed by atoms with Crippen molar-refractivity contribution in [3.8, 4) is 0 Å². The fraction of sp³-hybridized carbons (Fsp3) is 0.444. The second-order valence-electron chi connectivity index (χ2n) is 3.52. The number of carbonyl (C=O) groups is 1. The summed E-state index contributed by atoms with van der Waals surface area (Å²) in [6.07, 6.45) is 2.96. The molecular weight excluding hydrogens is 260 g/mol. The van der Waals surface area contributed by atoms with E-state index in [4.69, 9.17) is 5.11 Å². The van der Waals surface area contributed by atoms with Gasteiger partial charge < -0.3 is 10.4 Å². The van der Waals surface area contributed by atoms with Crippen LogP contribution in [0.5, 0.6) is 0 Å². The summed E-state index contributed by atoms with van der Waals surface area (Å²) in [5.74, 6) is -0.923. The molecule has 0 unspecified atom stereocenters. The van der Waals surface area contributed by atoms with Gasteiger partial charge in [0.15, 0.2) is 5.69 Å². The SMILES string of the molecule is CS(=O)(=O)NCCCNc1nccc(C(=O)O)n1. The van der Waals surface area contributed by atoms with Gasteiger partial charge >= 0.3 is 5.97 Å². The van der Waals surface area contributed by atoms with E-state index in [1.54, 1.807) is 0 Å². The fourth-order valence-corrected chi connectivity index (χ4v) is 1.62. The van der Waals surface area contributed by atoms with E-state index in [1.165, 1.54) is 12.3 Å². The molecule has 9 heteroatoms. The number of hydrogen-bond donors (Lipinski definition) is 3. The molecule has 8 nitrogen and oxygen atoms in total. The van der Waals surface area contributed by atoms with Gasteiger partial charge in [-0.05, 0) is 12.5 Å². The lowest BCUT2D eigenvalue weighted by Gasteiger charge is -2.05. The van der Waals surface area contributed by atoms with E-state index in [9.17, 15) is 13.2 Å². The zero-order valence-electron chi connectivity index (χ0n) is 9.75. The largest absolute Gasteiger partial charge is 0.477 e. The van der Waals surface area contributed by atoms with E-state index in [2.05, 4.69) is 20.0 Å². The molecule has 0 aromatic carbocycles. The summed E-state index contributed by atoms with van der Waals surface area (Å²) in [5.41, 5.74) is -0.0956. The summed E-state index contributed by atoms with van der Waals surface area (Å²) < 4.78 is 23.9. The molecule has 1 aromatic rings. The van der Waals surface area contributed by atoms with Crippen molar-refractivity contribution in [2.24, 2.45) is 0 Å². The van der Waals surface area contributed by atoms with E-state index >= 15 is 0 Å². The maximum absolute atomic E-state index is 10.8. The number of aromatic nitrogens is 2. The average molecular weight is 274 g/mol. The van der Waals surface area contributed by atoms with Crippen LogP contribution in [-0.4, -0.2) is 48.8 Å². The molecule has 0 amide bonds. The Morgan fingerprint density at radius 2 is 2.17 bits per heavy atom. The Labute approximate surface area is 105 Å². The van der Waals surface area contributed by atoms with Crippen LogP contribution in [-0.2, 0) is 10.0 Å². The molecule has 0 saturated carbocycles. The molecule has 0 fully saturated rings. The van der Waals surface area contributed by atoms with Crippen LogP contribution in [0.4, 0.5) is 5.95 Å². The smallest absolute Gasteiger partial charge is 0.354 e. The Kier molecular flexibility index (Phi) is 4.98. The number of sulfonamides is 1. The molecule has 100 valence electrons. The van der Waals surface area contributed by atoms with Gasteiger partial charge in [0.1, 0.15) is 0 Å². The van der Waals surface area contributed by atoms with Crippen LogP contribution in [0.1, 0.15) is 16.9 Å². The zero-order chi connectivity index (χ0) is 13.6. The highest BCUT2D eigenvalue weighted by Crippen LogP contribution is 2.00. The van der Waals surface area contributed by atoms with Gasteiger partial charge in [-0.2, -0.15) is 0 Å². The minimum atomic E-state index is -3.17. The van der Waals surface area contributed by atoms with Gasteiger partial charge in [-0.1, -0.05) is 0 Å². The predicted molar refractivity (Wildman–Crippen MR) is 64.9 cm³/mol. The van der Waals surface area contributed by atoms with Crippen LogP contribution in [0, 0.1) is 0 Å². The maximum Gasteiger partial charge on any atom is 0.354 e. The first kappa shape index (κ1) is 14.3. The highest BCUT2D eigenvalue weighted by atomic mass is 32.2. The monoisotopic (exact) mass is 274 g/mol. The number of hydrogen-bond acceptors (Lipinski definition) is 6. The van der Waals surface area contributed by atoms with Crippen molar-refractivity contribution in [2.75, 3.05) is 24.7 Å². The molecular formula is C9H14N4O4S. The van der Waals surface area contributed by atoms with Gasteiger partial charge in [-0.3, -0.25) is 0 Å². The van der Waals surface area contributed by atoms with Gasteiger partial charge in [-0.15, -0.1) is 0 Å². The molecule has 0 atom stereocenters. The van der Waals surface area contributed by atoms with Gasteiger partial charge in [0.05, 0.1) is 6.26 Å². The van der Waals surface area contributed by atoms with Crippen molar-refractivity contribution >= 4 is 21.9 Å². The molecule has 0 bridgehead atoms. The van der Waals surface area contributed by atoms with Crippen LogP contribution in [0.2, 0.25) is 0 Å². The second kappa shape index (κ2) is 6.26. The van der Waals surface area contributed by atoms with Crippen molar-refractivity contribution in [1.82, 2.24) is 14.7 Å². The average Bonchev–Trinajstić information content (AvgIpc) is 2.27. The number of anilines is 1. The Hall–Kier alpha value is -1.74. The Morgan fingerprint density at radius 1 is 1.44 bits per heavy atom. The van der Waals surface area contributed by atoms with Crippen LogP contribution >= 0.6 is 0 Å². The third kappa shape index (κ3) is 5.55. The lowest BCUT2D eigenvalue weighted by atomic mass is 10.4. The minimum Gasteiger partial charge on any atom is -0.477 e. The Bertz CT molecular complexity index is 517. The standard InChI is InChI=1S/C9H14N4O4S/c1-18(16,17)12-5-2-4-10-9-11-6-3-7(13-9)8(14)15/h3,6,12H,2,4-5H2,1H3,(H,14,15)(H,10,11,13). The first-order valence-corrected chi connectivity index (χ1v) is 7.02. The van der Waals surface area contributed by atoms with Crippen molar-refractivity contribution in [2.45, 2.75) is 6.42 Å². The lowest BCUT2D eigenvalue weighted by molar-refractivity contribution is 0.0690. The number of rotatable bonds is 7. The Morgan fingerprint density at radius 3 is 2.78 bits per heavy atom. The topological polar surface area (TPSA) is 121 Å². The summed E-state index contributed by atoms with van der Waals surface area (Å²) in [6, 6.07) is 1.29. The van der Waals surface area contributed by atoms with Crippen molar-refractivity contribution in [1.29, 1.82) is 0 Å². The summed E-state index contributed by atoms with van der Waals surface area (Å²) in [7, 11) is -3.17. The highest BCUT2D eigenvalue weighted by Gasteiger charge is 2.05. The van der Waals surface area contributed by atoms with Gasteiger partial charge in [0.25, 0.3) is 0 Å². The molecule has 0 aliphatic rings. The minimum absolute atomic E-state index is 0.0956. The fourth-order valence-electron chi connectivity index (χ4n) is 1.11. The van der Waals surface area contributed by atoms with Crippen molar-refractivity contribution < 1.29 is 18.3 Å². The quantitative estimate of drug-likeness (QED) is 0.574. The first-order chi connectivity index (χ1) is 8.38. The predicted octanol–water partition coefficient (Wildman–Crippen LogP) is -0.474. The molecule has 1 rings (SSSR count). The van der Waals surface area contributed by atoms with Crippen LogP contribution in [0.15, 0.2) is 12.3 Å². The highest BCUT2D eigenvalue weighted by molar-refractivity contribution is 7.88. The molecule has 1 aromatic heterocycles. The summed E-state index contributed by atoms with van der Waals surface area (Å²) >= 11 is 0. The maximum atomic E-state index is 10.8. The van der Waals surface area contributed by atoms with E-state index < -0.39 is 16.0 Å². The van der Waals surface area contributed by atoms with E-state index in [1.807, 2.05) is 0 Å².